The van der Waals surface area contributed by atoms with E-state index in [-0.39, 0.29) is 11.3 Å². The minimum Gasteiger partial charge on any atom is -0.223 e. The molecule has 0 aliphatic heterocycles. The minimum atomic E-state index is -3.41. The molecule has 0 aromatic heterocycles. The molecule has 0 saturated heterocycles. The van der Waals surface area contributed by atoms with E-state index in [2.05, 4.69) is 18.4 Å². The molecule has 1 aromatic rings. The zero-order valence-electron chi connectivity index (χ0n) is 12.2. The van der Waals surface area contributed by atoms with E-state index in [1.54, 1.807) is 30.3 Å². The third-order valence-corrected chi connectivity index (χ3v) is 5.98. The molecule has 2 nitrogen and oxygen atoms in total. The normalized spacial score (nSPS) is 25.4. The van der Waals surface area contributed by atoms with E-state index in [0.717, 1.165) is 0 Å². The van der Waals surface area contributed by atoms with E-state index in [0.29, 0.717) is 11.3 Å². The van der Waals surface area contributed by atoms with Crippen LogP contribution >= 0.6 is 0 Å². The van der Waals surface area contributed by atoms with E-state index in [1.807, 2.05) is 26.8 Å². The van der Waals surface area contributed by atoms with Crippen LogP contribution in [0.5, 0.6) is 0 Å². The van der Waals surface area contributed by atoms with Crippen molar-refractivity contribution >= 4 is 9.84 Å². The summed E-state index contributed by atoms with van der Waals surface area (Å²) in [5.41, 5.74) is -0.119. The van der Waals surface area contributed by atoms with Crippen molar-refractivity contribution in [2.45, 2.75) is 36.8 Å². The predicted octanol–water partition coefficient (Wildman–Crippen LogP) is 3.45. The van der Waals surface area contributed by atoms with Gasteiger partial charge in [0.2, 0.25) is 0 Å². The Morgan fingerprint density at radius 2 is 1.90 bits per heavy atom. The molecule has 0 radical (unpaired) electrons. The summed E-state index contributed by atoms with van der Waals surface area (Å²) in [4.78, 5) is 0.347. The Morgan fingerprint density at radius 3 is 2.40 bits per heavy atom. The van der Waals surface area contributed by atoms with Crippen molar-refractivity contribution in [2.75, 3.05) is 0 Å². The molecule has 0 amide bonds. The van der Waals surface area contributed by atoms with E-state index in [4.69, 9.17) is 0 Å². The molecule has 20 heavy (non-hydrogen) atoms. The summed E-state index contributed by atoms with van der Waals surface area (Å²) in [5, 5.41) is 0. The van der Waals surface area contributed by atoms with Gasteiger partial charge in [-0.1, -0.05) is 36.1 Å². The molecule has 0 spiro atoms. The first-order valence-electron chi connectivity index (χ1n) is 6.69. The van der Waals surface area contributed by atoms with Crippen LogP contribution in [-0.4, -0.2) is 13.2 Å². The number of benzene rings is 1. The fraction of sp³-hybridized carbons (Fsp3) is 0.412. The summed E-state index contributed by atoms with van der Waals surface area (Å²) in [6.45, 7) is 9.79. The molecule has 1 saturated carbocycles. The van der Waals surface area contributed by atoms with E-state index in [9.17, 15) is 8.42 Å². The van der Waals surface area contributed by atoms with Gasteiger partial charge < -0.3 is 0 Å². The van der Waals surface area contributed by atoms with Crippen molar-refractivity contribution in [3.05, 3.63) is 43.0 Å². The van der Waals surface area contributed by atoms with Gasteiger partial charge >= 0.3 is 0 Å². The highest BCUT2D eigenvalue weighted by Gasteiger charge is 2.61. The summed E-state index contributed by atoms with van der Waals surface area (Å²) < 4.78 is 24.6. The van der Waals surface area contributed by atoms with E-state index < -0.39 is 14.6 Å². The van der Waals surface area contributed by atoms with Crippen molar-refractivity contribution in [1.29, 1.82) is 0 Å². The Morgan fingerprint density at radius 1 is 1.30 bits per heavy atom. The van der Waals surface area contributed by atoms with Crippen LogP contribution in [0.1, 0.15) is 27.2 Å². The first kappa shape index (κ1) is 14.9. The van der Waals surface area contributed by atoms with Gasteiger partial charge in [0.25, 0.3) is 0 Å². The van der Waals surface area contributed by atoms with Gasteiger partial charge in [0.1, 0.15) is 4.75 Å². The van der Waals surface area contributed by atoms with Gasteiger partial charge in [0, 0.05) is 11.3 Å². The molecule has 3 heteroatoms. The van der Waals surface area contributed by atoms with Crippen molar-refractivity contribution in [3.8, 4) is 11.8 Å². The Hall–Kier alpha value is -1.53. The van der Waals surface area contributed by atoms with Crippen LogP contribution in [0.2, 0.25) is 0 Å². The Bertz CT molecular complexity index is 669. The Labute approximate surface area is 121 Å². The Balaban J connectivity index is 2.36. The maximum Gasteiger partial charge on any atom is 0.188 e. The zero-order valence-corrected chi connectivity index (χ0v) is 13.0. The molecular weight excluding hydrogens is 268 g/mol. The molecule has 106 valence electrons. The van der Waals surface area contributed by atoms with Crippen molar-refractivity contribution in [1.82, 2.24) is 0 Å². The molecule has 0 N–H and O–H groups in total. The number of rotatable bonds is 3. The van der Waals surface area contributed by atoms with Gasteiger partial charge in [-0.05, 0) is 39.3 Å². The van der Waals surface area contributed by atoms with Crippen LogP contribution in [0.25, 0.3) is 0 Å². The van der Waals surface area contributed by atoms with Crippen LogP contribution in [0.3, 0.4) is 0 Å². The van der Waals surface area contributed by atoms with Crippen LogP contribution in [0.4, 0.5) is 0 Å². The summed E-state index contributed by atoms with van der Waals surface area (Å²) in [6, 6.07) is 8.55. The number of hydrogen-bond donors (Lipinski definition) is 0. The third kappa shape index (κ3) is 2.53. The number of sulfone groups is 1. The minimum absolute atomic E-state index is 0.119. The highest BCUT2D eigenvalue weighted by molar-refractivity contribution is 7.93. The molecule has 2 atom stereocenters. The Kier molecular flexibility index (Phi) is 3.56. The molecule has 1 aliphatic rings. The van der Waals surface area contributed by atoms with Crippen LogP contribution in [-0.2, 0) is 9.84 Å². The largest absolute Gasteiger partial charge is 0.223 e. The maximum absolute atomic E-state index is 12.7. The first-order chi connectivity index (χ1) is 9.23. The predicted molar refractivity (Wildman–Crippen MR) is 81.9 cm³/mol. The first-order valence-corrected chi connectivity index (χ1v) is 8.17. The second-order valence-electron chi connectivity index (χ2n) is 6.25. The SMILES string of the molecule is C=C[C@]1(S(=O)(=O)c2ccccc2)C[C@H]1C#CC(C)(C)C. The van der Waals surface area contributed by atoms with Crippen LogP contribution < -0.4 is 0 Å². The van der Waals surface area contributed by atoms with Gasteiger partial charge in [-0.3, -0.25) is 0 Å². The summed E-state index contributed by atoms with van der Waals surface area (Å²) in [7, 11) is -3.41. The lowest BCUT2D eigenvalue weighted by molar-refractivity contribution is 0.569. The molecule has 1 fully saturated rings. The molecule has 1 aromatic carbocycles. The second-order valence-corrected chi connectivity index (χ2v) is 8.49. The molecule has 2 rings (SSSR count). The maximum atomic E-state index is 12.7. The molecule has 0 unspecified atom stereocenters. The average molecular weight is 288 g/mol. The molecule has 1 aliphatic carbocycles. The van der Waals surface area contributed by atoms with Crippen molar-refractivity contribution < 1.29 is 8.42 Å². The lowest BCUT2D eigenvalue weighted by Gasteiger charge is -2.13. The fourth-order valence-corrected chi connectivity index (χ4v) is 4.18. The second kappa shape index (κ2) is 4.79. The fourth-order valence-electron chi connectivity index (χ4n) is 2.19. The molecule has 0 heterocycles. The van der Waals surface area contributed by atoms with Gasteiger partial charge in [-0.15, -0.1) is 6.58 Å². The van der Waals surface area contributed by atoms with E-state index >= 15 is 0 Å². The smallest absolute Gasteiger partial charge is 0.188 e. The summed E-state index contributed by atoms with van der Waals surface area (Å²) in [5.74, 6) is 6.10. The lowest BCUT2D eigenvalue weighted by Crippen LogP contribution is -2.23. The quantitative estimate of drug-likeness (QED) is 0.630. The average Bonchev–Trinajstić information content (AvgIpc) is 3.12. The monoisotopic (exact) mass is 288 g/mol. The molecular formula is C17H20O2S. The van der Waals surface area contributed by atoms with Gasteiger partial charge in [0.05, 0.1) is 4.90 Å². The van der Waals surface area contributed by atoms with Crippen LogP contribution in [0, 0.1) is 23.2 Å². The number of hydrogen-bond acceptors (Lipinski definition) is 2. The van der Waals surface area contributed by atoms with Gasteiger partial charge in [0.15, 0.2) is 9.84 Å². The van der Waals surface area contributed by atoms with Gasteiger partial charge in [-0.2, -0.15) is 0 Å². The van der Waals surface area contributed by atoms with Crippen molar-refractivity contribution in [2.24, 2.45) is 11.3 Å². The molecule has 0 bridgehead atoms. The lowest BCUT2D eigenvalue weighted by atomic mass is 9.98. The summed E-state index contributed by atoms with van der Waals surface area (Å²) in [6.07, 6.45) is 2.09. The topological polar surface area (TPSA) is 34.1 Å². The highest BCUT2D eigenvalue weighted by Crippen LogP contribution is 2.53. The van der Waals surface area contributed by atoms with Crippen molar-refractivity contribution in [3.63, 3.8) is 0 Å². The van der Waals surface area contributed by atoms with Gasteiger partial charge in [-0.25, -0.2) is 8.42 Å². The zero-order chi connectivity index (χ0) is 15.0. The van der Waals surface area contributed by atoms with Crippen LogP contribution in [0.15, 0.2) is 47.9 Å². The standard InChI is InChI=1S/C17H20O2S/c1-5-17(13-14(17)11-12-16(2,3)4)20(18,19)15-9-7-6-8-10-15/h5-10,14H,1,13H2,2-4H3/t14-,17+/m1/s1. The van der Waals surface area contributed by atoms with E-state index in [1.165, 1.54) is 0 Å². The highest BCUT2D eigenvalue weighted by atomic mass is 32.2. The summed E-state index contributed by atoms with van der Waals surface area (Å²) >= 11 is 0. The third-order valence-electron chi connectivity index (χ3n) is 3.47.